The number of halogens is 1. The van der Waals surface area contributed by atoms with E-state index in [1.807, 2.05) is 13.0 Å². The van der Waals surface area contributed by atoms with Crippen LogP contribution in [0.3, 0.4) is 0 Å². The first-order chi connectivity index (χ1) is 5.15. The first kappa shape index (κ1) is 8.77. The van der Waals surface area contributed by atoms with Crippen molar-refractivity contribution in [2.24, 2.45) is 0 Å². The molecule has 0 saturated carbocycles. The summed E-state index contributed by atoms with van der Waals surface area (Å²) in [5.74, 6) is 0.605. The lowest BCUT2D eigenvalue weighted by atomic mass is 10.2. The minimum absolute atomic E-state index is 0.0386. The number of methoxy groups -OCH3 is 1. The highest BCUT2D eigenvalue weighted by molar-refractivity contribution is 9.11. The molecule has 0 radical (unpaired) electrons. The third-order valence-corrected chi connectivity index (χ3v) is 2.23. The summed E-state index contributed by atoms with van der Waals surface area (Å²) in [5.41, 5.74) is 0. The van der Waals surface area contributed by atoms with Crippen molar-refractivity contribution in [1.29, 1.82) is 0 Å². The molecule has 1 heterocycles. The van der Waals surface area contributed by atoms with E-state index < -0.39 is 0 Å². The van der Waals surface area contributed by atoms with Gasteiger partial charge in [-0.1, -0.05) is 0 Å². The number of nitrogens with one attached hydrogen (secondary N) is 1. The molecule has 0 amide bonds. The summed E-state index contributed by atoms with van der Waals surface area (Å²) in [4.78, 5) is 0. The number of rotatable bonds is 1. The van der Waals surface area contributed by atoms with Gasteiger partial charge in [0.1, 0.15) is 12.2 Å². The Morgan fingerprint density at radius 2 is 2.36 bits per heavy atom. The summed E-state index contributed by atoms with van der Waals surface area (Å²) in [6.07, 6.45) is 3.34. The average molecular weight is 220 g/mol. The van der Waals surface area contributed by atoms with Gasteiger partial charge in [-0.2, -0.15) is 0 Å². The molecule has 0 bridgehead atoms. The maximum absolute atomic E-state index is 11.1. The van der Waals surface area contributed by atoms with Crippen LogP contribution in [-0.4, -0.2) is 13.2 Å². The molecule has 0 spiro atoms. The molecule has 1 rings (SSSR count). The highest BCUT2D eigenvalue weighted by Gasteiger charge is 2.16. The van der Waals surface area contributed by atoms with Gasteiger partial charge in [0.15, 0.2) is 5.76 Å². The van der Waals surface area contributed by atoms with Crippen molar-refractivity contribution >= 4 is 15.9 Å². The Morgan fingerprint density at radius 3 is 2.91 bits per heavy atom. The monoisotopic (exact) mass is 219 g/mol. The van der Waals surface area contributed by atoms with Crippen LogP contribution < -0.4 is 5.06 Å². The van der Waals surface area contributed by atoms with E-state index in [0.29, 0.717) is 5.76 Å². The molecule has 62 valence electrons. The number of hydroxylamine groups is 2. The molecule has 4 heteroatoms. The molecule has 0 aromatic heterocycles. The fraction of sp³-hybridized carbons (Fsp3) is 0.429. The van der Waals surface area contributed by atoms with Crippen LogP contribution in [0.1, 0.15) is 6.92 Å². The van der Waals surface area contributed by atoms with E-state index in [-0.39, 0.29) is 11.1 Å². The minimum atomic E-state index is -0.0386. The Labute approximate surface area is 74.0 Å². The van der Waals surface area contributed by atoms with Crippen LogP contribution >= 0.6 is 15.9 Å². The predicted molar refractivity (Wildman–Crippen MR) is 45.9 cm³/mol. The molecular formula is C7H10BrNO2. The van der Waals surface area contributed by atoms with E-state index in [4.69, 9.17) is 4.74 Å². The lowest BCUT2D eigenvalue weighted by Crippen LogP contribution is -3.06. The van der Waals surface area contributed by atoms with Crippen LogP contribution in [0, 0.1) is 5.21 Å². The second-order valence-corrected chi connectivity index (χ2v) is 3.27. The first-order valence-electron chi connectivity index (χ1n) is 3.32. The maximum Gasteiger partial charge on any atom is 0.186 e. The SMILES string of the molecule is COC1=C[NH+]([O-])C(C)C=C1Br. The van der Waals surface area contributed by atoms with Crippen LogP contribution in [0.2, 0.25) is 0 Å². The normalized spacial score (nSPS) is 30.9. The third-order valence-electron chi connectivity index (χ3n) is 1.57. The Bertz CT molecular complexity index is 212. The molecule has 0 aliphatic carbocycles. The van der Waals surface area contributed by atoms with Crippen LogP contribution in [0.5, 0.6) is 0 Å². The number of hydrogen-bond acceptors (Lipinski definition) is 2. The molecule has 0 fully saturated rings. The standard InChI is InChI=1S/C7H10BrNO2/c1-5-3-6(8)7(11-2)4-9(5)10/h3-5,9H,1-2H3. The molecule has 2 atom stereocenters. The number of hydrogen-bond donors (Lipinski definition) is 1. The van der Waals surface area contributed by atoms with Crippen molar-refractivity contribution in [3.8, 4) is 0 Å². The molecule has 0 saturated heterocycles. The van der Waals surface area contributed by atoms with Crippen LogP contribution in [0.4, 0.5) is 0 Å². The van der Waals surface area contributed by atoms with Gasteiger partial charge in [-0.15, -0.1) is 0 Å². The minimum Gasteiger partial charge on any atom is -0.629 e. The molecule has 1 aliphatic rings. The summed E-state index contributed by atoms with van der Waals surface area (Å²) in [6, 6.07) is -0.0386. The topological polar surface area (TPSA) is 36.7 Å². The molecule has 11 heavy (non-hydrogen) atoms. The van der Waals surface area contributed by atoms with Crippen molar-refractivity contribution in [2.45, 2.75) is 13.0 Å². The van der Waals surface area contributed by atoms with Crippen LogP contribution in [-0.2, 0) is 4.74 Å². The Kier molecular flexibility index (Phi) is 2.70. The summed E-state index contributed by atoms with van der Waals surface area (Å²) in [6.45, 7) is 1.85. The molecule has 0 aromatic rings. The fourth-order valence-corrected chi connectivity index (χ4v) is 1.54. The molecule has 0 aromatic carbocycles. The molecular weight excluding hydrogens is 210 g/mol. The van der Waals surface area contributed by atoms with Gasteiger partial charge in [-0.3, -0.25) is 0 Å². The summed E-state index contributed by atoms with van der Waals surface area (Å²) >= 11 is 3.30. The maximum atomic E-state index is 11.1. The van der Waals surface area contributed by atoms with E-state index in [1.165, 1.54) is 6.20 Å². The van der Waals surface area contributed by atoms with E-state index >= 15 is 0 Å². The van der Waals surface area contributed by atoms with Gasteiger partial charge in [-0.25, -0.2) is 0 Å². The van der Waals surface area contributed by atoms with Gasteiger partial charge in [0, 0.05) is 0 Å². The predicted octanol–water partition coefficient (Wildman–Crippen LogP) is 0.538. The van der Waals surface area contributed by atoms with Crippen molar-refractivity contribution in [2.75, 3.05) is 7.11 Å². The lowest BCUT2D eigenvalue weighted by molar-refractivity contribution is -0.812. The highest BCUT2D eigenvalue weighted by atomic mass is 79.9. The van der Waals surface area contributed by atoms with Gasteiger partial charge < -0.3 is 15.0 Å². The van der Waals surface area contributed by atoms with E-state index in [9.17, 15) is 5.21 Å². The van der Waals surface area contributed by atoms with Gasteiger partial charge in [0.2, 0.25) is 0 Å². The smallest absolute Gasteiger partial charge is 0.186 e. The second kappa shape index (κ2) is 3.38. The summed E-state index contributed by atoms with van der Waals surface area (Å²) < 4.78 is 5.80. The average Bonchev–Trinajstić information content (AvgIpc) is 1.97. The van der Waals surface area contributed by atoms with Crippen LogP contribution in [0.25, 0.3) is 0 Å². The zero-order valence-corrected chi connectivity index (χ0v) is 8.01. The quantitative estimate of drug-likeness (QED) is 0.654. The highest BCUT2D eigenvalue weighted by Crippen LogP contribution is 2.18. The van der Waals surface area contributed by atoms with Crippen LogP contribution in [0.15, 0.2) is 22.5 Å². The molecule has 2 unspecified atom stereocenters. The zero-order valence-electron chi connectivity index (χ0n) is 6.43. The van der Waals surface area contributed by atoms with Crippen molar-refractivity contribution < 1.29 is 9.80 Å². The van der Waals surface area contributed by atoms with E-state index in [0.717, 1.165) is 4.48 Å². The summed E-state index contributed by atoms with van der Waals surface area (Å²) in [7, 11) is 1.55. The third kappa shape index (κ3) is 1.83. The number of allylic oxidation sites excluding steroid dienone is 1. The van der Waals surface area contributed by atoms with Gasteiger partial charge in [0.25, 0.3) is 0 Å². The van der Waals surface area contributed by atoms with E-state index in [2.05, 4.69) is 15.9 Å². The summed E-state index contributed by atoms with van der Waals surface area (Å²) in [5, 5.41) is 11.2. The number of ether oxygens (including phenoxy) is 1. The largest absolute Gasteiger partial charge is 0.629 e. The van der Waals surface area contributed by atoms with Gasteiger partial charge >= 0.3 is 0 Å². The second-order valence-electron chi connectivity index (χ2n) is 2.42. The Hall–Kier alpha value is -0.320. The molecule has 3 nitrogen and oxygen atoms in total. The van der Waals surface area contributed by atoms with Crippen molar-refractivity contribution in [3.63, 3.8) is 0 Å². The van der Waals surface area contributed by atoms with E-state index in [1.54, 1.807) is 7.11 Å². The van der Waals surface area contributed by atoms with Gasteiger partial charge in [-0.05, 0) is 28.9 Å². The molecule has 1 N–H and O–H groups in total. The Balaban J connectivity index is 2.82. The Morgan fingerprint density at radius 1 is 1.73 bits per heavy atom. The van der Waals surface area contributed by atoms with Crippen molar-refractivity contribution in [1.82, 2.24) is 0 Å². The van der Waals surface area contributed by atoms with Crippen molar-refractivity contribution in [3.05, 3.63) is 27.7 Å². The number of quaternary nitrogens is 1. The lowest BCUT2D eigenvalue weighted by Gasteiger charge is -2.27. The molecule has 1 aliphatic heterocycles. The zero-order chi connectivity index (χ0) is 8.43. The first-order valence-corrected chi connectivity index (χ1v) is 4.11. The van der Waals surface area contributed by atoms with Gasteiger partial charge in [0.05, 0.1) is 11.6 Å². The fourth-order valence-electron chi connectivity index (χ4n) is 0.870.